The first-order valence-electron chi connectivity index (χ1n) is 28.9. The van der Waals surface area contributed by atoms with Crippen molar-refractivity contribution in [1.29, 1.82) is 0 Å². The number of rotatable bonds is 13. The number of alkyl halides is 3. The fraction of sp³-hybridized carbons (Fsp3) is 0.233. The maximum absolute atomic E-state index is 13.1. The molecular formula is C73H68F3N9O4RuS2. The standard InChI is InChI=1S/C43H38N4O4S.C29H30F3N4.CNS.Ru/c1-42(2,3)30-8-12-32(13-9-30)47(33-14-10-31(11-15-33)43(4,5)6)41-18-17-36(52-41)16-7-29-19-21-44-37(23-29)39-25-35(51-28-49)26-40(46-39)38-24-34(50-27-48)20-22-45-38;1-27(2,3)19-7-11-21(12-8-19)36(22-13-9-20(10-14-22)28(4,5)6)23-15-16-33-24(17-23)25-18-26(35-34-25)29(30,31)32;2-1-3;/h8-15,17-28H,1-6H3;7-18H,1-6H3;;/q;2*-1;+2. The van der Waals surface area contributed by atoms with E-state index in [-0.39, 0.29) is 52.6 Å². The number of thiocarbonyl (C=S) groups is 1. The second-order valence-corrected chi connectivity index (χ2v) is 26.4. The Hall–Kier alpha value is -9.30. The van der Waals surface area contributed by atoms with Crippen molar-refractivity contribution in [3.8, 4) is 57.5 Å². The van der Waals surface area contributed by atoms with E-state index in [1.807, 2.05) is 24.3 Å². The summed E-state index contributed by atoms with van der Waals surface area (Å²) in [5, 5.41) is 16.5. The van der Waals surface area contributed by atoms with Crippen LogP contribution in [0.3, 0.4) is 0 Å². The molecule has 6 heterocycles. The fourth-order valence-corrected chi connectivity index (χ4v) is 10.3. The number of ether oxygens (including phenoxy) is 2. The largest absolute Gasteiger partial charge is 2.00 e. The van der Waals surface area contributed by atoms with Crippen molar-refractivity contribution in [1.82, 2.24) is 30.1 Å². The minimum atomic E-state index is -4.56. The van der Waals surface area contributed by atoms with Crippen LogP contribution in [-0.2, 0) is 56.9 Å². The van der Waals surface area contributed by atoms with E-state index in [2.05, 4.69) is 245 Å². The molecule has 0 amide bonds. The van der Waals surface area contributed by atoms with E-state index in [0.29, 0.717) is 47.2 Å². The van der Waals surface area contributed by atoms with Crippen molar-refractivity contribution in [2.75, 3.05) is 9.80 Å². The summed E-state index contributed by atoms with van der Waals surface area (Å²) in [6.07, 6.45) is 0.178. The van der Waals surface area contributed by atoms with E-state index in [4.69, 9.17) is 19.9 Å². The van der Waals surface area contributed by atoms with Gasteiger partial charge in [-0.2, -0.15) is 18.3 Å². The van der Waals surface area contributed by atoms with Gasteiger partial charge >= 0.3 is 25.7 Å². The summed E-state index contributed by atoms with van der Waals surface area (Å²) in [7, 11) is 0. The number of pyridine rings is 4. The van der Waals surface area contributed by atoms with Gasteiger partial charge in [-0.1, -0.05) is 161 Å². The summed E-state index contributed by atoms with van der Waals surface area (Å²) in [6.45, 7) is 27.0. The van der Waals surface area contributed by atoms with Crippen molar-refractivity contribution in [2.45, 2.75) is 111 Å². The third kappa shape index (κ3) is 18.2. The van der Waals surface area contributed by atoms with Crippen LogP contribution in [0, 0.1) is 11.8 Å². The van der Waals surface area contributed by atoms with Crippen LogP contribution in [0.5, 0.6) is 11.5 Å². The summed E-state index contributed by atoms with van der Waals surface area (Å²) in [4.78, 5) is 45.2. The van der Waals surface area contributed by atoms with Crippen LogP contribution >= 0.6 is 23.6 Å². The number of isothiocyanates is 1. The molecule has 470 valence electrons. The van der Waals surface area contributed by atoms with Crippen molar-refractivity contribution in [3.63, 3.8) is 0 Å². The number of nitrogens with zero attached hydrogens (tertiary/aromatic N) is 9. The first-order chi connectivity index (χ1) is 43.1. The Morgan fingerprint density at radius 1 is 0.489 bits per heavy atom. The van der Waals surface area contributed by atoms with Gasteiger partial charge in [-0.25, -0.2) is 4.98 Å². The molecule has 0 saturated carbocycles. The number of halogens is 3. The second-order valence-electron chi connectivity index (χ2n) is 25.2. The number of thiophene rings is 1. The summed E-state index contributed by atoms with van der Waals surface area (Å²) in [5.41, 5.74) is 11.7. The van der Waals surface area contributed by atoms with Crippen LogP contribution in [0.15, 0.2) is 182 Å². The number of carbonyl (C=O) groups is 2. The molecule has 0 bridgehead atoms. The van der Waals surface area contributed by atoms with Gasteiger partial charge in [0.2, 0.25) is 0 Å². The third-order valence-electron chi connectivity index (χ3n) is 14.4. The van der Waals surface area contributed by atoms with Gasteiger partial charge in [-0.05, 0) is 141 Å². The quantitative estimate of drug-likeness (QED) is 0.0353. The van der Waals surface area contributed by atoms with Crippen LogP contribution < -0.4 is 24.4 Å². The second kappa shape index (κ2) is 29.8. The summed E-state index contributed by atoms with van der Waals surface area (Å²) in [6, 6.07) is 52.8. The number of carbonyl (C=O) groups excluding carboxylic acids is 2. The molecule has 0 fully saturated rings. The molecule has 13 nitrogen and oxygen atoms in total. The van der Waals surface area contributed by atoms with Gasteiger partial charge in [0.1, 0.15) is 22.2 Å². The zero-order valence-corrected chi connectivity index (χ0v) is 56.3. The average molecular weight is 1360 g/mol. The topological polar surface area (TPSA) is 160 Å². The number of hydrogen-bond donors (Lipinski definition) is 0. The molecule has 0 unspecified atom stereocenters. The van der Waals surface area contributed by atoms with Crippen LogP contribution in [-0.4, -0.2) is 43.1 Å². The van der Waals surface area contributed by atoms with Crippen LogP contribution in [0.25, 0.3) is 39.6 Å². The first kappa shape index (κ1) is 70.2. The number of hydrogen-bond acceptors (Lipinski definition) is 13. The van der Waals surface area contributed by atoms with E-state index in [1.165, 1.54) is 33.6 Å². The molecule has 0 spiro atoms. The van der Waals surface area contributed by atoms with Gasteiger partial charge in [0.15, 0.2) is 0 Å². The minimum Gasteiger partial charge on any atom is -0.753 e. The Labute approximate surface area is 557 Å². The minimum absolute atomic E-state index is 0. The number of anilines is 6. The van der Waals surface area contributed by atoms with Crippen LogP contribution in [0.1, 0.15) is 121 Å². The molecule has 0 aliphatic rings. The van der Waals surface area contributed by atoms with E-state index < -0.39 is 11.9 Å². The van der Waals surface area contributed by atoms with E-state index in [0.717, 1.165) is 49.9 Å². The molecule has 0 saturated heterocycles. The molecular weight excluding hydrogens is 1290 g/mol. The van der Waals surface area contributed by atoms with E-state index in [1.54, 1.807) is 54.1 Å². The van der Waals surface area contributed by atoms with Crippen molar-refractivity contribution in [3.05, 3.63) is 226 Å². The Morgan fingerprint density at radius 3 is 1.35 bits per heavy atom. The van der Waals surface area contributed by atoms with E-state index >= 15 is 0 Å². The molecule has 0 aliphatic carbocycles. The third-order valence-corrected chi connectivity index (χ3v) is 15.4. The van der Waals surface area contributed by atoms with Gasteiger partial charge in [-0.15, -0.1) is 11.3 Å². The maximum atomic E-state index is 13.1. The Kier molecular flexibility index (Phi) is 22.7. The maximum Gasteiger partial charge on any atom is 2.00 e. The average Bonchev–Trinajstić information content (AvgIpc) is 1.25. The molecule has 19 heteroatoms. The predicted molar refractivity (Wildman–Crippen MR) is 360 cm³/mol. The summed E-state index contributed by atoms with van der Waals surface area (Å²) in [5.74, 6) is 7.18. The molecule has 0 aliphatic heterocycles. The van der Waals surface area contributed by atoms with Gasteiger partial charge in [-0.3, -0.25) is 24.5 Å². The Balaban J connectivity index is 0.000000263. The normalized spacial score (nSPS) is 11.4. The molecule has 10 rings (SSSR count). The smallest absolute Gasteiger partial charge is 0.753 e. The zero-order valence-electron chi connectivity index (χ0n) is 52.9. The Bertz CT molecular complexity index is 4130. The first-order valence-corrected chi connectivity index (χ1v) is 30.1. The molecule has 10 aromatic rings. The SMILES string of the molecule is CC(C)(C)c1ccc(N(c2ccc(C(C)(C)C)cc2)c2ccc(C#Cc3ccnc(-c4cc(OC=O)cc(-c5cc(OC=O)ccn5)n4)c3)s2)cc1.CC(C)(C)c1ccc(N(c2ccc(C(C)(C)C)cc2)c2ccnc(-c3cc(C(F)(F)F)n[n-]3)c2)cc1.[N-]=C=S.[Ru+2]. The van der Waals surface area contributed by atoms with Gasteiger partial charge in [0.05, 0.1) is 33.3 Å². The zero-order chi connectivity index (χ0) is 65.9. The molecule has 92 heavy (non-hydrogen) atoms. The summed E-state index contributed by atoms with van der Waals surface area (Å²) < 4.78 is 49.3. The van der Waals surface area contributed by atoms with Crippen molar-refractivity contribution in [2.24, 2.45) is 0 Å². The summed E-state index contributed by atoms with van der Waals surface area (Å²) >= 11 is 5.32. The fourth-order valence-electron chi connectivity index (χ4n) is 9.42. The molecule has 4 aromatic carbocycles. The molecule has 0 N–H and O–H groups in total. The predicted octanol–water partition coefficient (Wildman–Crippen LogP) is 18.6. The van der Waals surface area contributed by atoms with E-state index in [9.17, 15) is 22.8 Å². The van der Waals surface area contributed by atoms with Gasteiger partial charge in [0.25, 0.3) is 12.9 Å². The molecule has 6 aromatic heterocycles. The number of benzene rings is 4. The van der Waals surface area contributed by atoms with Gasteiger partial charge in [0, 0.05) is 70.8 Å². The van der Waals surface area contributed by atoms with Crippen molar-refractivity contribution >= 4 is 75.1 Å². The molecule has 0 atom stereocenters. The number of aromatic nitrogens is 6. The van der Waals surface area contributed by atoms with Gasteiger partial charge < -0.3 is 34.9 Å². The monoisotopic (exact) mass is 1360 g/mol. The van der Waals surface area contributed by atoms with Crippen molar-refractivity contribution < 1.29 is 51.7 Å². The Morgan fingerprint density at radius 2 is 0.902 bits per heavy atom. The van der Waals surface area contributed by atoms with Crippen LogP contribution in [0.2, 0.25) is 0 Å². The molecule has 0 radical (unpaired) electrons. The van der Waals surface area contributed by atoms with Crippen LogP contribution in [0.4, 0.5) is 46.6 Å².